The van der Waals surface area contributed by atoms with Gasteiger partial charge in [-0.2, -0.15) is 0 Å². The molecule has 108 valence electrons. The molecule has 0 bridgehead atoms. The third kappa shape index (κ3) is 2.51. The van der Waals surface area contributed by atoms with Crippen molar-refractivity contribution >= 4 is 16.6 Å². The van der Waals surface area contributed by atoms with Crippen molar-refractivity contribution in [2.75, 3.05) is 5.73 Å². The summed E-state index contributed by atoms with van der Waals surface area (Å²) in [6.45, 7) is 5.15. The standard InChI is InChI=1S/C18H21N3/c1-3-4-11-21-13(2)20-17(18(21)19)16-10-9-14-7-5-6-8-15(14)12-16/h5-10,12H,3-4,11,19H2,1-2H3. The molecule has 3 aromatic rings. The second-order valence-electron chi connectivity index (χ2n) is 5.46. The first-order valence-corrected chi connectivity index (χ1v) is 7.52. The van der Waals surface area contributed by atoms with Crippen molar-refractivity contribution in [3.8, 4) is 11.3 Å². The second-order valence-corrected chi connectivity index (χ2v) is 5.46. The van der Waals surface area contributed by atoms with Crippen LogP contribution in [0.4, 0.5) is 5.82 Å². The first-order chi connectivity index (χ1) is 10.2. The maximum absolute atomic E-state index is 6.32. The molecule has 0 saturated carbocycles. The molecule has 21 heavy (non-hydrogen) atoms. The topological polar surface area (TPSA) is 43.8 Å². The van der Waals surface area contributed by atoms with Crippen molar-refractivity contribution < 1.29 is 0 Å². The van der Waals surface area contributed by atoms with Crippen LogP contribution in [-0.2, 0) is 6.54 Å². The van der Waals surface area contributed by atoms with Crippen LogP contribution in [0.15, 0.2) is 42.5 Å². The van der Waals surface area contributed by atoms with Crippen LogP contribution in [0.25, 0.3) is 22.0 Å². The van der Waals surface area contributed by atoms with Crippen LogP contribution < -0.4 is 5.73 Å². The van der Waals surface area contributed by atoms with Gasteiger partial charge >= 0.3 is 0 Å². The van der Waals surface area contributed by atoms with Crippen molar-refractivity contribution in [1.29, 1.82) is 0 Å². The van der Waals surface area contributed by atoms with E-state index in [2.05, 4.69) is 58.9 Å². The van der Waals surface area contributed by atoms with Gasteiger partial charge in [0, 0.05) is 12.1 Å². The summed E-state index contributed by atoms with van der Waals surface area (Å²) in [4.78, 5) is 4.68. The number of anilines is 1. The maximum atomic E-state index is 6.32. The summed E-state index contributed by atoms with van der Waals surface area (Å²) in [5.74, 6) is 1.76. The number of nitrogens with zero attached hydrogens (tertiary/aromatic N) is 2. The number of nitrogen functional groups attached to an aromatic ring is 1. The minimum atomic E-state index is 0.774. The van der Waals surface area contributed by atoms with E-state index >= 15 is 0 Å². The van der Waals surface area contributed by atoms with Gasteiger partial charge < -0.3 is 10.3 Å². The number of imidazole rings is 1. The van der Waals surface area contributed by atoms with Crippen LogP contribution >= 0.6 is 0 Å². The van der Waals surface area contributed by atoms with E-state index in [1.54, 1.807) is 0 Å². The number of aromatic nitrogens is 2. The van der Waals surface area contributed by atoms with Crippen molar-refractivity contribution in [2.45, 2.75) is 33.2 Å². The number of hydrogen-bond acceptors (Lipinski definition) is 2. The number of benzene rings is 2. The fourth-order valence-electron chi connectivity index (χ4n) is 2.73. The summed E-state index contributed by atoms with van der Waals surface area (Å²) in [5, 5.41) is 2.46. The fraction of sp³-hybridized carbons (Fsp3) is 0.278. The third-order valence-corrected chi connectivity index (χ3v) is 3.96. The van der Waals surface area contributed by atoms with Crippen molar-refractivity contribution in [3.05, 3.63) is 48.3 Å². The van der Waals surface area contributed by atoms with Gasteiger partial charge in [-0.25, -0.2) is 4.98 Å². The largest absolute Gasteiger partial charge is 0.383 e. The van der Waals surface area contributed by atoms with Gasteiger partial charge in [-0.1, -0.05) is 49.7 Å². The smallest absolute Gasteiger partial charge is 0.131 e. The molecule has 2 N–H and O–H groups in total. The first-order valence-electron chi connectivity index (χ1n) is 7.52. The summed E-state index contributed by atoms with van der Waals surface area (Å²) in [5.41, 5.74) is 8.31. The summed E-state index contributed by atoms with van der Waals surface area (Å²) in [7, 11) is 0. The lowest BCUT2D eigenvalue weighted by atomic mass is 10.1. The molecular formula is C18H21N3. The van der Waals surface area contributed by atoms with Gasteiger partial charge in [0.25, 0.3) is 0 Å². The highest BCUT2D eigenvalue weighted by molar-refractivity contribution is 5.88. The van der Waals surface area contributed by atoms with Gasteiger partial charge in [0.1, 0.15) is 17.3 Å². The average molecular weight is 279 g/mol. The summed E-state index contributed by atoms with van der Waals surface area (Å²) >= 11 is 0. The predicted molar refractivity (Wildman–Crippen MR) is 89.2 cm³/mol. The second kappa shape index (κ2) is 5.60. The van der Waals surface area contributed by atoms with E-state index in [-0.39, 0.29) is 0 Å². The predicted octanol–water partition coefficient (Wildman–Crippen LogP) is 4.39. The third-order valence-electron chi connectivity index (χ3n) is 3.96. The molecule has 0 amide bonds. The van der Waals surface area contributed by atoms with E-state index in [1.807, 2.05) is 6.92 Å². The molecule has 0 atom stereocenters. The van der Waals surface area contributed by atoms with Crippen LogP contribution in [0.2, 0.25) is 0 Å². The summed E-state index contributed by atoms with van der Waals surface area (Å²) < 4.78 is 2.12. The minimum absolute atomic E-state index is 0.774. The Bertz CT molecular complexity index is 771. The Morgan fingerprint density at radius 1 is 1.10 bits per heavy atom. The Morgan fingerprint density at radius 2 is 1.86 bits per heavy atom. The normalized spacial score (nSPS) is 11.1. The zero-order chi connectivity index (χ0) is 14.8. The molecule has 0 fully saturated rings. The molecule has 0 saturated heterocycles. The number of aryl methyl sites for hydroxylation is 1. The van der Waals surface area contributed by atoms with Crippen molar-refractivity contribution in [1.82, 2.24) is 9.55 Å². The zero-order valence-corrected chi connectivity index (χ0v) is 12.6. The highest BCUT2D eigenvalue weighted by Gasteiger charge is 2.13. The van der Waals surface area contributed by atoms with Crippen molar-refractivity contribution in [2.24, 2.45) is 0 Å². The van der Waals surface area contributed by atoms with E-state index < -0.39 is 0 Å². The van der Waals surface area contributed by atoms with E-state index in [1.165, 1.54) is 10.8 Å². The zero-order valence-electron chi connectivity index (χ0n) is 12.6. The molecule has 3 nitrogen and oxygen atoms in total. The lowest BCUT2D eigenvalue weighted by Crippen LogP contribution is -2.04. The molecule has 0 aliphatic rings. The minimum Gasteiger partial charge on any atom is -0.383 e. The quantitative estimate of drug-likeness (QED) is 0.769. The van der Waals surface area contributed by atoms with Gasteiger partial charge in [0.05, 0.1) is 0 Å². The number of hydrogen-bond donors (Lipinski definition) is 1. The lowest BCUT2D eigenvalue weighted by molar-refractivity contribution is 0.622. The lowest BCUT2D eigenvalue weighted by Gasteiger charge is -2.07. The molecule has 0 unspecified atom stereocenters. The van der Waals surface area contributed by atoms with Crippen LogP contribution in [0.5, 0.6) is 0 Å². The number of fused-ring (bicyclic) bond motifs is 1. The molecule has 3 heteroatoms. The molecule has 0 aliphatic heterocycles. The van der Waals surface area contributed by atoms with Gasteiger partial charge in [0.2, 0.25) is 0 Å². The molecule has 1 aromatic heterocycles. The Morgan fingerprint density at radius 3 is 2.62 bits per heavy atom. The van der Waals surface area contributed by atoms with Crippen LogP contribution in [0.3, 0.4) is 0 Å². The van der Waals surface area contributed by atoms with E-state index in [0.717, 1.165) is 42.3 Å². The van der Waals surface area contributed by atoms with E-state index in [4.69, 9.17) is 5.73 Å². The molecule has 3 rings (SSSR count). The number of rotatable bonds is 4. The van der Waals surface area contributed by atoms with Gasteiger partial charge in [-0.15, -0.1) is 0 Å². The summed E-state index contributed by atoms with van der Waals surface area (Å²) in [6, 6.07) is 14.7. The maximum Gasteiger partial charge on any atom is 0.131 e. The Labute approximate surface area is 125 Å². The Balaban J connectivity index is 2.06. The SMILES string of the molecule is CCCCn1c(C)nc(-c2ccc3ccccc3c2)c1N. The molecule has 0 aliphatic carbocycles. The molecular weight excluding hydrogens is 258 g/mol. The molecule has 2 aromatic carbocycles. The first kappa shape index (κ1) is 13.7. The van der Waals surface area contributed by atoms with Crippen LogP contribution in [0.1, 0.15) is 25.6 Å². The van der Waals surface area contributed by atoms with E-state index in [0.29, 0.717) is 0 Å². The number of unbranched alkanes of at least 4 members (excludes halogenated alkanes) is 1. The van der Waals surface area contributed by atoms with Crippen LogP contribution in [-0.4, -0.2) is 9.55 Å². The highest BCUT2D eigenvalue weighted by Crippen LogP contribution is 2.29. The van der Waals surface area contributed by atoms with E-state index in [9.17, 15) is 0 Å². The molecule has 1 heterocycles. The Kier molecular flexibility index (Phi) is 3.65. The molecule has 0 radical (unpaired) electrons. The highest BCUT2D eigenvalue weighted by atomic mass is 15.1. The summed E-state index contributed by atoms with van der Waals surface area (Å²) in [6.07, 6.45) is 2.28. The van der Waals surface area contributed by atoms with Crippen LogP contribution in [0, 0.1) is 6.92 Å². The monoisotopic (exact) mass is 279 g/mol. The Hall–Kier alpha value is -2.29. The fourth-order valence-corrected chi connectivity index (χ4v) is 2.73. The number of nitrogens with two attached hydrogens (primary N) is 1. The van der Waals surface area contributed by atoms with Gasteiger partial charge in [0.15, 0.2) is 0 Å². The molecule has 0 spiro atoms. The van der Waals surface area contributed by atoms with Gasteiger partial charge in [-0.05, 0) is 30.2 Å². The van der Waals surface area contributed by atoms with Gasteiger partial charge in [-0.3, -0.25) is 0 Å². The average Bonchev–Trinajstić information content (AvgIpc) is 2.79. The van der Waals surface area contributed by atoms with Crippen molar-refractivity contribution in [3.63, 3.8) is 0 Å².